The van der Waals surface area contributed by atoms with Gasteiger partial charge in [-0.1, -0.05) is 6.07 Å². The highest BCUT2D eigenvalue weighted by Gasteiger charge is 2.16. The zero-order chi connectivity index (χ0) is 7.84. The largest absolute Gasteiger partial charge is 0.325 e. The minimum Gasteiger partial charge on any atom is -0.325 e. The third kappa shape index (κ3) is 1.41. The molecule has 1 amide bonds. The van der Waals surface area contributed by atoms with Crippen molar-refractivity contribution in [1.82, 2.24) is 0 Å². The molecule has 2 nitrogen and oxygen atoms in total. The lowest BCUT2D eigenvalue weighted by molar-refractivity contribution is -0.115. The van der Waals surface area contributed by atoms with E-state index in [1.54, 1.807) is 6.07 Å². The summed E-state index contributed by atoms with van der Waals surface area (Å²) in [4.78, 5) is 10.8. The maximum absolute atomic E-state index is 12.5. The predicted octanol–water partition coefficient (Wildman–Crippen LogP) is 1.74. The number of amides is 1. The van der Waals surface area contributed by atoms with Crippen LogP contribution in [0.3, 0.4) is 0 Å². The Hall–Kier alpha value is -1.09. The third-order valence-corrected chi connectivity index (χ3v) is 1.70. The molecule has 1 aromatic rings. The third-order valence-electron chi connectivity index (χ3n) is 1.70. The van der Waals surface area contributed by atoms with Gasteiger partial charge in [0.15, 0.2) is 0 Å². The fourth-order valence-corrected chi connectivity index (χ4v) is 1.19. The minimum absolute atomic E-state index is 0. The van der Waals surface area contributed by atoms with Crippen molar-refractivity contribution in [1.29, 1.82) is 0 Å². The summed E-state index contributed by atoms with van der Waals surface area (Å²) in [6.07, 6.45) is 0.371. The van der Waals surface area contributed by atoms with Gasteiger partial charge in [-0.05, 0) is 17.7 Å². The molecule has 64 valence electrons. The van der Waals surface area contributed by atoms with Crippen molar-refractivity contribution in [3.05, 3.63) is 29.6 Å². The summed E-state index contributed by atoms with van der Waals surface area (Å²) in [6.45, 7) is 0. The molecular weight excluding hydrogens is 181 g/mol. The smallest absolute Gasteiger partial charge is 0.228 e. The predicted molar refractivity (Wildman–Crippen MR) is 46.0 cm³/mol. The van der Waals surface area contributed by atoms with E-state index in [1.807, 2.05) is 0 Å². The van der Waals surface area contributed by atoms with Crippen LogP contribution in [0.1, 0.15) is 5.56 Å². The highest BCUT2D eigenvalue weighted by atomic mass is 35.5. The second kappa shape index (κ2) is 3.11. The number of hydrogen-bond donors (Lipinski definition) is 1. The first-order chi connectivity index (χ1) is 5.25. The minimum atomic E-state index is -0.314. The topological polar surface area (TPSA) is 29.1 Å². The number of nitrogens with one attached hydrogen (secondary N) is 1. The second-order valence-electron chi connectivity index (χ2n) is 2.53. The number of benzene rings is 1. The molecule has 0 atom stereocenters. The maximum Gasteiger partial charge on any atom is 0.228 e. The van der Waals surface area contributed by atoms with Crippen molar-refractivity contribution >= 4 is 24.0 Å². The Kier molecular flexibility index (Phi) is 2.33. The van der Waals surface area contributed by atoms with E-state index in [-0.39, 0.29) is 24.1 Å². The SMILES string of the molecule is Cl.O=C1Cc2ccc(F)cc2N1. The van der Waals surface area contributed by atoms with Gasteiger partial charge in [0.2, 0.25) is 5.91 Å². The average molecular weight is 188 g/mol. The van der Waals surface area contributed by atoms with Gasteiger partial charge in [-0.2, -0.15) is 0 Å². The molecule has 1 heterocycles. The fourth-order valence-electron chi connectivity index (χ4n) is 1.19. The number of anilines is 1. The zero-order valence-corrected chi connectivity index (χ0v) is 6.95. The molecule has 0 aliphatic carbocycles. The van der Waals surface area contributed by atoms with E-state index in [1.165, 1.54) is 12.1 Å². The van der Waals surface area contributed by atoms with Gasteiger partial charge in [-0.3, -0.25) is 4.79 Å². The molecule has 2 rings (SSSR count). The van der Waals surface area contributed by atoms with E-state index in [4.69, 9.17) is 0 Å². The Balaban J connectivity index is 0.000000720. The van der Waals surface area contributed by atoms with E-state index < -0.39 is 0 Å². The number of carbonyl (C=O) groups is 1. The molecule has 1 aliphatic heterocycles. The Labute approximate surface area is 75.2 Å². The number of rotatable bonds is 0. The lowest BCUT2D eigenvalue weighted by atomic mass is 10.2. The van der Waals surface area contributed by atoms with Crippen LogP contribution in [0, 0.1) is 5.82 Å². The summed E-state index contributed by atoms with van der Waals surface area (Å²) in [5.41, 5.74) is 1.48. The first kappa shape index (κ1) is 9.00. The van der Waals surface area contributed by atoms with Crippen LogP contribution in [-0.4, -0.2) is 5.91 Å². The van der Waals surface area contributed by atoms with Crippen LogP contribution in [0.25, 0.3) is 0 Å². The van der Waals surface area contributed by atoms with Crippen LogP contribution in [0.5, 0.6) is 0 Å². The molecule has 1 aromatic carbocycles. The van der Waals surface area contributed by atoms with E-state index >= 15 is 0 Å². The van der Waals surface area contributed by atoms with Gasteiger partial charge in [0, 0.05) is 5.69 Å². The lowest BCUT2D eigenvalue weighted by Crippen LogP contribution is -2.03. The van der Waals surface area contributed by atoms with E-state index in [9.17, 15) is 9.18 Å². The molecule has 0 bridgehead atoms. The molecule has 1 aliphatic rings. The van der Waals surface area contributed by atoms with Crippen molar-refractivity contribution < 1.29 is 9.18 Å². The summed E-state index contributed by atoms with van der Waals surface area (Å²) in [5, 5.41) is 2.56. The van der Waals surface area contributed by atoms with Crippen LogP contribution in [0.15, 0.2) is 18.2 Å². The zero-order valence-electron chi connectivity index (χ0n) is 6.13. The highest BCUT2D eigenvalue weighted by Crippen LogP contribution is 2.22. The molecule has 12 heavy (non-hydrogen) atoms. The first-order valence-electron chi connectivity index (χ1n) is 3.34. The fraction of sp³-hybridized carbons (Fsp3) is 0.125. The molecule has 0 unspecified atom stereocenters. The van der Waals surface area contributed by atoms with E-state index in [2.05, 4.69) is 5.32 Å². The van der Waals surface area contributed by atoms with E-state index in [0.29, 0.717) is 12.1 Å². The van der Waals surface area contributed by atoms with Crippen LogP contribution < -0.4 is 5.32 Å². The van der Waals surface area contributed by atoms with Gasteiger partial charge in [0.1, 0.15) is 5.82 Å². The summed E-state index contributed by atoms with van der Waals surface area (Å²) < 4.78 is 12.5. The highest BCUT2D eigenvalue weighted by molar-refractivity contribution is 5.98. The first-order valence-corrected chi connectivity index (χ1v) is 3.34. The summed E-state index contributed by atoms with van der Waals surface area (Å²) in [7, 11) is 0. The Morgan fingerprint density at radius 3 is 2.92 bits per heavy atom. The molecule has 0 aromatic heterocycles. The van der Waals surface area contributed by atoms with Gasteiger partial charge < -0.3 is 5.32 Å². The molecule has 0 spiro atoms. The van der Waals surface area contributed by atoms with Crippen molar-refractivity contribution in [3.63, 3.8) is 0 Å². The molecular formula is C8H7ClFNO. The summed E-state index contributed by atoms with van der Waals surface area (Å²) in [5.74, 6) is -0.378. The van der Waals surface area contributed by atoms with Crippen LogP contribution in [0.4, 0.5) is 10.1 Å². The number of fused-ring (bicyclic) bond motifs is 1. The van der Waals surface area contributed by atoms with Crippen LogP contribution in [-0.2, 0) is 11.2 Å². The van der Waals surface area contributed by atoms with Crippen molar-refractivity contribution in [2.45, 2.75) is 6.42 Å². The van der Waals surface area contributed by atoms with Crippen LogP contribution in [0.2, 0.25) is 0 Å². The summed E-state index contributed by atoms with van der Waals surface area (Å²) in [6, 6.07) is 4.32. The Morgan fingerprint density at radius 2 is 2.17 bits per heavy atom. The van der Waals surface area contributed by atoms with Gasteiger partial charge >= 0.3 is 0 Å². The van der Waals surface area contributed by atoms with Crippen molar-refractivity contribution in [2.75, 3.05) is 5.32 Å². The Morgan fingerprint density at radius 1 is 1.42 bits per heavy atom. The molecule has 4 heteroatoms. The summed E-state index contributed by atoms with van der Waals surface area (Å²) >= 11 is 0. The van der Waals surface area contributed by atoms with Crippen LogP contribution >= 0.6 is 12.4 Å². The van der Waals surface area contributed by atoms with Crippen molar-refractivity contribution in [3.8, 4) is 0 Å². The molecule has 1 N–H and O–H groups in total. The van der Waals surface area contributed by atoms with Crippen molar-refractivity contribution in [2.24, 2.45) is 0 Å². The second-order valence-corrected chi connectivity index (χ2v) is 2.53. The molecule has 0 saturated carbocycles. The Bertz CT molecular complexity index is 327. The number of hydrogen-bond acceptors (Lipinski definition) is 1. The van der Waals surface area contributed by atoms with Gasteiger partial charge in [0.05, 0.1) is 6.42 Å². The molecule has 0 fully saturated rings. The molecule has 0 radical (unpaired) electrons. The quantitative estimate of drug-likeness (QED) is 0.659. The number of halogens is 2. The lowest BCUT2D eigenvalue weighted by Gasteiger charge is -1.95. The maximum atomic E-state index is 12.5. The normalized spacial score (nSPS) is 13.2. The number of carbonyl (C=O) groups excluding carboxylic acids is 1. The standard InChI is InChI=1S/C8H6FNO.ClH/c9-6-2-1-5-3-8(11)10-7(5)4-6;/h1-2,4H,3H2,(H,10,11);1H. The molecule has 0 saturated heterocycles. The monoisotopic (exact) mass is 187 g/mol. The average Bonchev–Trinajstić information content (AvgIpc) is 2.27. The van der Waals surface area contributed by atoms with Gasteiger partial charge in [-0.25, -0.2) is 4.39 Å². The van der Waals surface area contributed by atoms with Gasteiger partial charge in [0.25, 0.3) is 0 Å². The van der Waals surface area contributed by atoms with Gasteiger partial charge in [-0.15, -0.1) is 12.4 Å². The van der Waals surface area contributed by atoms with E-state index in [0.717, 1.165) is 5.56 Å².